The topological polar surface area (TPSA) is 73.5 Å². The van der Waals surface area contributed by atoms with Gasteiger partial charge in [-0.25, -0.2) is 9.97 Å². The van der Waals surface area contributed by atoms with Gasteiger partial charge in [-0.15, -0.1) is 0 Å². The van der Waals surface area contributed by atoms with Crippen LogP contribution in [0.15, 0.2) is 24.3 Å². The number of rotatable bonds is 2. The maximum absolute atomic E-state index is 6.20. The zero-order chi connectivity index (χ0) is 17.7. The molecule has 2 bridgehead atoms. The van der Waals surface area contributed by atoms with Gasteiger partial charge in [-0.05, 0) is 44.0 Å². The molecule has 26 heavy (non-hydrogen) atoms. The van der Waals surface area contributed by atoms with Crippen LogP contribution in [-0.2, 0) is 15.9 Å². The van der Waals surface area contributed by atoms with Gasteiger partial charge >= 0.3 is 0 Å². The van der Waals surface area contributed by atoms with Gasteiger partial charge in [-0.2, -0.15) is 0 Å². The monoisotopic (exact) mass is 352 g/mol. The fraction of sp³-hybridized carbons (Fsp3) is 0.500. The van der Waals surface area contributed by atoms with E-state index >= 15 is 0 Å². The fourth-order valence-corrected chi connectivity index (χ4v) is 4.29. The second kappa shape index (κ2) is 6.21. The number of nitrogen functional groups attached to an aromatic ring is 1. The van der Waals surface area contributed by atoms with Gasteiger partial charge in [0.05, 0.1) is 37.2 Å². The lowest BCUT2D eigenvalue weighted by molar-refractivity contribution is 0.0306. The maximum atomic E-state index is 6.20. The van der Waals surface area contributed by atoms with Gasteiger partial charge in [0.2, 0.25) is 0 Å². The van der Waals surface area contributed by atoms with E-state index < -0.39 is 0 Å². The van der Waals surface area contributed by atoms with Crippen LogP contribution in [0.2, 0.25) is 0 Å². The minimum atomic E-state index is 0.134. The van der Waals surface area contributed by atoms with Gasteiger partial charge in [-0.1, -0.05) is 0 Å². The molecule has 6 heteroatoms. The van der Waals surface area contributed by atoms with Crippen molar-refractivity contribution in [2.45, 2.75) is 44.4 Å². The number of hydrogen-bond acceptors (Lipinski definition) is 6. The van der Waals surface area contributed by atoms with Crippen molar-refractivity contribution in [3.8, 4) is 11.4 Å². The Morgan fingerprint density at radius 1 is 1.15 bits per heavy atom. The summed E-state index contributed by atoms with van der Waals surface area (Å²) < 4.78 is 11.8. The molecule has 2 fully saturated rings. The Balaban J connectivity index is 1.65. The van der Waals surface area contributed by atoms with Crippen molar-refractivity contribution in [1.82, 2.24) is 9.97 Å². The summed E-state index contributed by atoms with van der Waals surface area (Å²) in [5.74, 6) is 1.81. The second-order valence-corrected chi connectivity index (χ2v) is 7.50. The zero-order valence-corrected chi connectivity index (χ0v) is 15.0. The van der Waals surface area contributed by atoms with Crippen LogP contribution in [0.1, 0.15) is 37.1 Å². The van der Waals surface area contributed by atoms with Gasteiger partial charge < -0.3 is 20.1 Å². The lowest BCUT2D eigenvalue weighted by Crippen LogP contribution is -2.45. The Morgan fingerprint density at radius 2 is 2.00 bits per heavy atom. The average molecular weight is 352 g/mol. The van der Waals surface area contributed by atoms with Crippen molar-refractivity contribution in [1.29, 1.82) is 0 Å². The number of fused-ring (bicyclic) bond motifs is 4. The molecule has 0 spiro atoms. The van der Waals surface area contributed by atoms with E-state index in [9.17, 15) is 0 Å². The maximum Gasteiger partial charge on any atom is 0.161 e. The van der Waals surface area contributed by atoms with E-state index in [2.05, 4.69) is 11.8 Å². The molecule has 1 aromatic heterocycles. The van der Waals surface area contributed by atoms with E-state index in [-0.39, 0.29) is 6.10 Å². The van der Waals surface area contributed by atoms with Gasteiger partial charge in [0.1, 0.15) is 5.82 Å². The molecule has 3 aliphatic rings. The molecular formula is C20H24N4O2. The van der Waals surface area contributed by atoms with E-state index in [0.29, 0.717) is 12.1 Å². The first kappa shape index (κ1) is 16.0. The standard InChI is InChI=1S/C20H24N4O2/c1-12-11-25-9-8-24(12)20-18-16(10-15-6-7-17(18)26-15)22-19(23-20)13-2-4-14(21)5-3-13/h2-5,12,15,17H,6-11,21H2,1H3. The molecule has 2 aromatic rings. The van der Waals surface area contributed by atoms with E-state index in [0.717, 1.165) is 67.6 Å². The molecular weight excluding hydrogens is 328 g/mol. The molecule has 3 aliphatic heterocycles. The van der Waals surface area contributed by atoms with Crippen molar-refractivity contribution in [2.75, 3.05) is 30.4 Å². The molecule has 3 unspecified atom stereocenters. The van der Waals surface area contributed by atoms with Gasteiger partial charge in [0, 0.05) is 29.8 Å². The summed E-state index contributed by atoms with van der Waals surface area (Å²) in [5.41, 5.74) is 9.95. The van der Waals surface area contributed by atoms with Crippen molar-refractivity contribution in [3.63, 3.8) is 0 Å². The van der Waals surface area contributed by atoms with Gasteiger partial charge in [-0.3, -0.25) is 0 Å². The minimum Gasteiger partial charge on any atom is -0.399 e. The van der Waals surface area contributed by atoms with Crippen LogP contribution >= 0.6 is 0 Å². The summed E-state index contributed by atoms with van der Waals surface area (Å²) in [6.07, 6.45) is 3.48. The SMILES string of the molecule is CC1COCCN1c1nc(-c2ccc(N)cc2)nc2c1C1CCC(C2)O1. The lowest BCUT2D eigenvalue weighted by atomic mass is 10.0. The molecule has 136 valence electrons. The number of benzene rings is 1. The molecule has 0 aliphatic carbocycles. The van der Waals surface area contributed by atoms with Crippen molar-refractivity contribution >= 4 is 11.5 Å². The average Bonchev–Trinajstić information content (AvgIpc) is 3.03. The normalized spacial score (nSPS) is 27.4. The third-order valence-electron chi connectivity index (χ3n) is 5.66. The molecule has 0 saturated carbocycles. The van der Waals surface area contributed by atoms with Crippen molar-refractivity contribution in [3.05, 3.63) is 35.5 Å². The minimum absolute atomic E-state index is 0.134. The lowest BCUT2D eigenvalue weighted by Gasteiger charge is -2.37. The predicted octanol–water partition coefficient (Wildman–Crippen LogP) is 2.73. The summed E-state index contributed by atoms with van der Waals surface area (Å²) in [5, 5.41) is 0. The van der Waals surface area contributed by atoms with E-state index in [1.54, 1.807) is 0 Å². The first-order valence-electron chi connectivity index (χ1n) is 9.45. The Bertz CT molecular complexity index is 823. The Labute approximate surface area is 153 Å². The highest BCUT2D eigenvalue weighted by molar-refractivity contribution is 5.64. The van der Waals surface area contributed by atoms with Gasteiger partial charge in [0.15, 0.2) is 5.82 Å². The smallest absolute Gasteiger partial charge is 0.161 e. The molecule has 6 nitrogen and oxygen atoms in total. The first-order valence-corrected chi connectivity index (χ1v) is 9.45. The quantitative estimate of drug-likeness (QED) is 0.838. The highest BCUT2D eigenvalue weighted by Crippen LogP contribution is 2.45. The largest absolute Gasteiger partial charge is 0.399 e. The number of anilines is 2. The highest BCUT2D eigenvalue weighted by Gasteiger charge is 2.39. The van der Waals surface area contributed by atoms with E-state index in [1.807, 2.05) is 24.3 Å². The van der Waals surface area contributed by atoms with Crippen molar-refractivity contribution < 1.29 is 9.47 Å². The number of hydrogen-bond donors (Lipinski definition) is 1. The van der Waals surface area contributed by atoms with Crippen LogP contribution in [-0.4, -0.2) is 41.9 Å². The molecule has 3 atom stereocenters. The summed E-state index contributed by atoms with van der Waals surface area (Å²) in [6, 6.07) is 8.10. The van der Waals surface area contributed by atoms with Crippen LogP contribution in [0.4, 0.5) is 11.5 Å². The van der Waals surface area contributed by atoms with Crippen LogP contribution < -0.4 is 10.6 Å². The van der Waals surface area contributed by atoms with E-state index in [1.165, 1.54) is 5.56 Å². The summed E-state index contributed by atoms with van der Waals surface area (Å²) in [6.45, 7) is 4.50. The van der Waals surface area contributed by atoms with E-state index in [4.69, 9.17) is 25.2 Å². The molecule has 2 saturated heterocycles. The summed E-state index contributed by atoms with van der Waals surface area (Å²) in [4.78, 5) is 12.3. The molecule has 4 heterocycles. The Hall–Kier alpha value is -2.18. The molecule has 1 aromatic carbocycles. The number of nitrogens with zero attached hydrogens (tertiary/aromatic N) is 3. The molecule has 0 amide bonds. The Morgan fingerprint density at radius 3 is 2.81 bits per heavy atom. The predicted molar refractivity (Wildman–Crippen MR) is 100 cm³/mol. The molecule has 0 radical (unpaired) electrons. The number of nitrogens with two attached hydrogens (primary N) is 1. The number of ether oxygens (including phenoxy) is 2. The van der Waals surface area contributed by atoms with Crippen LogP contribution in [0.5, 0.6) is 0 Å². The number of morpholine rings is 1. The molecule has 2 N–H and O–H groups in total. The van der Waals surface area contributed by atoms with Gasteiger partial charge in [0.25, 0.3) is 0 Å². The summed E-state index contributed by atoms with van der Waals surface area (Å²) in [7, 11) is 0. The van der Waals surface area contributed by atoms with Crippen LogP contribution in [0.3, 0.4) is 0 Å². The highest BCUT2D eigenvalue weighted by atomic mass is 16.5. The third-order valence-corrected chi connectivity index (χ3v) is 5.66. The fourth-order valence-electron chi connectivity index (χ4n) is 4.29. The third kappa shape index (κ3) is 2.64. The Kier molecular flexibility index (Phi) is 3.83. The number of aromatic nitrogens is 2. The first-order chi connectivity index (χ1) is 12.7. The van der Waals surface area contributed by atoms with Crippen molar-refractivity contribution in [2.24, 2.45) is 0 Å². The molecule has 5 rings (SSSR count). The zero-order valence-electron chi connectivity index (χ0n) is 15.0. The second-order valence-electron chi connectivity index (χ2n) is 7.50. The van der Waals surface area contributed by atoms with Crippen LogP contribution in [0.25, 0.3) is 11.4 Å². The summed E-state index contributed by atoms with van der Waals surface area (Å²) >= 11 is 0. The van der Waals surface area contributed by atoms with Crippen LogP contribution in [0, 0.1) is 0 Å².